The molecule has 1 aliphatic rings. The van der Waals surface area contributed by atoms with E-state index in [2.05, 4.69) is 30.7 Å². The van der Waals surface area contributed by atoms with Crippen molar-refractivity contribution in [2.75, 3.05) is 18.1 Å². The molecule has 0 aliphatic carbocycles. The Balaban J connectivity index is 1.66. The predicted octanol–water partition coefficient (Wildman–Crippen LogP) is 6.98. The average molecular weight is 520 g/mol. The molecule has 0 radical (unpaired) electrons. The van der Waals surface area contributed by atoms with E-state index in [1.165, 1.54) is 0 Å². The SMILES string of the molecule is CC(C)(C)c1ccccc1Oc1ncccc1Cc1nc(C(F)(F)F)c(N2CCCCC2CCO)s1. The number of para-hydroxylation sites is 1. The van der Waals surface area contributed by atoms with Gasteiger partial charge in [-0.3, -0.25) is 0 Å². The minimum atomic E-state index is -4.56. The zero-order valence-corrected chi connectivity index (χ0v) is 21.6. The molecule has 1 atom stereocenters. The molecule has 0 amide bonds. The van der Waals surface area contributed by atoms with Gasteiger partial charge in [0.2, 0.25) is 5.88 Å². The number of nitrogens with zero attached hydrogens (tertiary/aromatic N) is 3. The smallest absolute Gasteiger partial charge is 0.436 e. The van der Waals surface area contributed by atoms with Crippen LogP contribution in [0.15, 0.2) is 42.6 Å². The summed E-state index contributed by atoms with van der Waals surface area (Å²) in [6, 6.07) is 11.2. The fourth-order valence-electron chi connectivity index (χ4n) is 4.62. The first kappa shape index (κ1) is 26.4. The Morgan fingerprint density at radius 2 is 1.89 bits per heavy atom. The lowest BCUT2D eigenvalue weighted by Crippen LogP contribution is -2.40. The molecule has 1 fully saturated rings. The molecule has 36 heavy (non-hydrogen) atoms. The summed E-state index contributed by atoms with van der Waals surface area (Å²) in [6.07, 6.45) is 0.191. The number of benzene rings is 1. The van der Waals surface area contributed by atoms with E-state index >= 15 is 0 Å². The summed E-state index contributed by atoms with van der Waals surface area (Å²) < 4.78 is 48.3. The molecule has 1 aromatic carbocycles. The lowest BCUT2D eigenvalue weighted by molar-refractivity contribution is -0.140. The van der Waals surface area contributed by atoms with Crippen molar-refractivity contribution in [3.05, 3.63) is 64.4 Å². The number of rotatable bonds is 7. The monoisotopic (exact) mass is 519 g/mol. The number of pyridine rings is 1. The first-order valence-electron chi connectivity index (χ1n) is 12.2. The Morgan fingerprint density at radius 3 is 2.61 bits per heavy atom. The van der Waals surface area contributed by atoms with Gasteiger partial charge in [0.25, 0.3) is 0 Å². The van der Waals surface area contributed by atoms with Crippen LogP contribution in [-0.2, 0) is 18.0 Å². The fraction of sp³-hybridized carbons (Fsp3) is 0.481. The molecule has 0 spiro atoms. The topological polar surface area (TPSA) is 58.5 Å². The lowest BCUT2D eigenvalue weighted by Gasteiger charge is -2.36. The summed E-state index contributed by atoms with van der Waals surface area (Å²) in [5.41, 5.74) is 0.673. The molecular formula is C27H32F3N3O2S. The van der Waals surface area contributed by atoms with Crippen LogP contribution in [0.25, 0.3) is 0 Å². The maximum atomic E-state index is 14.0. The number of hydrogen-bond donors (Lipinski definition) is 1. The van der Waals surface area contributed by atoms with Crippen LogP contribution in [0, 0.1) is 0 Å². The third-order valence-electron chi connectivity index (χ3n) is 6.37. The molecule has 2 aromatic heterocycles. The Morgan fingerprint density at radius 1 is 1.11 bits per heavy atom. The average Bonchev–Trinajstić information content (AvgIpc) is 3.25. The Kier molecular flexibility index (Phi) is 7.90. The highest BCUT2D eigenvalue weighted by Gasteiger charge is 2.41. The van der Waals surface area contributed by atoms with Crippen molar-refractivity contribution < 1.29 is 23.0 Å². The van der Waals surface area contributed by atoms with Gasteiger partial charge in [-0.15, -0.1) is 11.3 Å². The zero-order valence-electron chi connectivity index (χ0n) is 20.8. The van der Waals surface area contributed by atoms with Crippen molar-refractivity contribution in [1.82, 2.24) is 9.97 Å². The molecule has 5 nitrogen and oxygen atoms in total. The summed E-state index contributed by atoms with van der Waals surface area (Å²) in [7, 11) is 0. The zero-order chi connectivity index (χ0) is 25.9. The Hall–Kier alpha value is -2.65. The summed E-state index contributed by atoms with van der Waals surface area (Å²) in [5.74, 6) is 1.02. The molecule has 0 bridgehead atoms. The van der Waals surface area contributed by atoms with E-state index in [-0.39, 0.29) is 29.5 Å². The van der Waals surface area contributed by atoms with Crippen molar-refractivity contribution in [2.24, 2.45) is 0 Å². The van der Waals surface area contributed by atoms with E-state index in [1.54, 1.807) is 17.2 Å². The Labute approximate surface area is 214 Å². The maximum Gasteiger partial charge on any atom is 0.436 e. The van der Waals surface area contributed by atoms with Crippen LogP contribution in [0.2, 0.25) is 0 Å². The quantitative estimate of drug-likeness (QED) is 0.365. The van der Waals surface area contributed by atoms with Crippen LogP contribution in [0.3, 0.4) is 0 Å². The summed E-state index contributed by atoms with van der Waals surface area (Å²) in [6.45, 7) is 6.75. The van der Waals surface area contributed by atoms with Gasteiger partial charge in [-0.05, 0) is 43.2 Å². The van der Waals surface area contributed by atoms with Gasteiger partial charge in [0.05, 0.1) is 5.01 Å². The van der Waals surface area contributed by atoms with E-state index in [0.29, 0.717) is 35.2 Å². The molecule has 0 saturated carbocycles. The van der Waals surface area contributed by atoms with Crippen LogP contribution in [0.4, 0.5) is 18.2 Å². The third kappa shape index (κ3) is 6.00. The first-order chi connectivity index (χ1) is 17.1. The molecule has 4 rings (SSSR count). The number of aromatic nitrogens is 2. The van der Waals surface area contributed by atoms with Crippen molar-refractivity contribution in [1.29, 1.82) is 0 Å². The second-order valence-corrected chi connectivity index (χ2v) is 11.2. The number of thiazole rings is 1. The number of ether oxygens (including phenoxy) is 1. The highest BCUT2D eigenvalue weighted by molar-refractivity contribution is 7.16. The third-order valence-corrected chi connectivity index (χ3v) is 7.46. The number of aliphatic hydroxyl groups is 1. The molecule has 1 aliphatic heterocycles. The highest BCUT2D eigenvalue weighted by atomic mass is 32.1. The number of alkyl halides is 3. The van der Waals surface area contributed by atoms with Gasteiger partial charge in [0.15, 0.2) is 5.69 Å². The van der Waals surface area contributed by atoms with Crippen LogP contribution in [-0.4, -0.2) is 34.3 Å². The van der Waals surface area contributed by atoms with Gasteiger partial charge < -0.3 is 14.7 Å². The number of piperidine rings is 1. The van der Waals surface area contributed by atoms with E-state index < -0.39 is 11.9 Å². The number of anilines is 1. The minimum absolute atomic E-state index is 0.0550. The van der Waals surface area contributed by atoms with Gasteiger partial charge in [-0.25, -0.2) is 9.97 Å². The van der Waals surface area contributed by atoms with Gasteiger partial charge in [0, 0.05) is 42.9 Å². The maximum absolute atomic E-state index is 14.0. The normalized spacial score (nSPS) is 16.9. The predicted molar refractivity (Wildman–Crippen MR) is 136 cm³/mol. The minimum Gasteiger partial charge on any atom is -0.438 e. The largest absolute Gasteiger partial charge is 0.438 e. The molecule has 3 aromatic rings. The number of aliphatic hydroxyl groups excluding tert-OH is 1. The van der Waals surface area contributed by atoms with Crippen molar-refractivity contribution >= 4 is 16.3 Å². The number of hydrogen-bond acceptors (Lipinski definition) is 6. The second kappa shape index (κ2) is 10.8. The van der Waals surface area contributed by atoms with Gasteiger partial charge in [-0.2, -0.15) is 13.2 Å². The second-order valence-electron chi connectivity index (χ2n) is 10.1. The van der Waals surface area contributed by atoms with Gasteiger partial charge >= 0.3 is 6.18 Å². The van der Waals surface area contributed by atoms with Crippen LogP contribution in [0.1, 0.15) is 68.3 Å². The molecule has 1 unspecified atom stereocenters. The molecule has 1 saturated heterocycles. The molecule has 3 heterocycles. The van der Waals surface area contributed by atoms with Crippen LogP contribution < -0.4 is 9.64 Å². The first-order valence-corrected chi connectivity index (χ1v) is 13.0. The summed E-state index contributed by atoms with van der Waals surface area (Å²) in [5, 5.41) is 9.95. The van der Waals surface area contributed by atoms with E-state index in [9.17, 15) is 18.3 Å². The van der Waals surface area contributed by atoms with Gasteiger partial charge in [0.1, 0.15) is 10.8 Å². The molecular weight excluding hydrogens is 487 g/mol. The van der Waals surface area contributed by atoms with E-state index in [0.717, 1.165) is 36.2 Å². The molecule has 1 N–H and O–H groups in total. The molecule has 9 heteroatoms. The van der Waals surface area contributed by atoms with E-state index in [4.69, 9.17) is 4.74 Å². The summed E-state index contributed by atoms with van der Waals surface area (Å²) >= 11 is 1.07. The fourth-order valence-corrected chi connectivity index (χ4v) is 5.82. The van der Waals surface area contributed by atoms with Crippen LogP contribution in [0.5, 0.6) is 11.6 Å². The lowest BCUT2D eigenvalue weighted by atomic mass is 9.86. The Bertz CT molecular complexity index is 1170. The number of halogens is 3. The summed E-state index contributed by atoms with van der Waals surface area (Å²) in [4.78, 5) is 10.2. The molecule has 194 valence electrons. The van der Waals surface area contributed by atoms with Gasteiger partial charge in [-0.1, -0.05) is 45.0 Å². The van der Waals surface area contributed by atoms with Crippen molar-refractivity contribution in [3.63, 3.8) is 0 Å². The van der Waals surface area contributed by atoms with Crippen molar-refractivity contribution in [2.45, 2.75) is 70.5 Å². The van der Waals surface area contributed by atoms with Crippen LogP contribution >= 0.6 is 11.3 Å². The highest BCUT2D eigenvalue weighted by Crippen LogP contribution is 2.43. The van der Waals surface area contributed by atoms with E-state index in [1.807, 2.05) is 30.3 Å². The van der Waals surface area contributed by atoms with Crippen molar-refractivity contribution in [3.8, 4) is 11.6 Å². The standard InChI is InChI=1S/C27H32F3N3O2S/c1-26(2,3)20-11-4-5-12-21(20)35-24-18(9-8-14-31-24)17-22-32-23(27(28,29)30)25(36-22)33-15-7-6-10-19(33)13-16-34/h4-5,8-9,11-12,14,19,34H,6-7,10,13,15-17H2,1-3H3.